The lowest BCUT2D eigenvalue weighted by Crippen LogP contribution is -2.46. The monoisotopic (exact) mass is 341 g/mol. The maximum Gasteiger partial charge on any atom is 0.266 e. The minimum absolute atomic E-state index is 0.133. The summed E-state index contributed by atoms with van der Waals surface area (Å²) in [6.07, 6.45) is 1.52. The Balaban J connectivity index is 2.10. The van der Waals surface area contributed by atoms with E-state index in [-0.39, 0.29) is 11.5 Å². The van der Waals surface area contributed by atoms with Gasteiger partial charge in [0, 0.05) is 56.8 Å². The van der Waals surface area contributed by atoms with E-state index in [2.05, 4.69) is 41.5 Å². The van der Waals surface area contributed by atoms with Gasteiger partial charge in [0.05, 0.1) is 0 Å². The van der Waals surface area contributed by atoms with Crippen LogP contribution in [0.2, 0.25) is 0 Å². The van der Waals surface area contributed by atoms with Crippen molar-refractivity contribution < 1.29 is 4.79 Å². The molecule has 0 aliphatic carbocycles. The first-order chi connectivity index (χ1) is 12.1. The Bertz CT molecular complexity index is 667. The molecule has 6 nitrogen and oxygen atoms in total. The summed E-state index contributed by atoms with van der Waals surface area (Å²) in [7, 11) is 0. The highest BCUT2D eigenvalue weighted by molar-refractivity contribution is 5.97. The number of piperazine rings is 1. The van der Waals surface area contributed by atoms with E-state index >= 15 is 0 Å². The number of hydrogen-bond acceptors (Lipinski definition) is 5. The molecule has 1 amide bonds. The van der Waals surface area contributed by atoms with Crippen molar-refractivity contribution in [1.29, 1.82) is 5.26 Å². The van der Waals surface area contributed by atoms with Gasteiger partial charge < -0.3 is 20.4 Å². The molecule has 0 spiro atoms. The predicted octanol–water partition coefficient (Wildman–Crippen LogP) is 2.09. The van der Waals surface area contributed by atoms with Crippen LogP contribution in [0.15, 0.2) is 30.0 Å². The van der Waals surface area contributed by atoms with Crippen molar-refractivity contribution in [3.63, 3.8) is 0 Å². The minimum Gasteiger partial charge on any atom is -0.372 e. The minimum atomic E-state index is -0.214. The first-order valence-corrected chi connectivity index (χ1v) is 8.83. The molecule has 0 atom stereocenters. The number of nitriles is 1. The Hall–Kier alpha value is -2.52. The van der Waals surface area contributed by atoms with E-state index in [1.807, 2.05) is 19.1 Å². The number of anilines is 2. The van der Waals surface area contributed by atoms with Crippen LogP contribution in [0, 0.1) is 18.3 Å². The fraction of sp³-hybridized carbons (Fsp3) is 0.474. The molecule has 0 unspecified atom stereocenters. The van der Waals surface area contributed by atoms with Crippen LogP contribution in [-0.4, -0.2) is 50.1 Å². The topological polar surface area (TPSA) is 71.4 Å². The molecule has 0 bridgehead atoms. The second kappa shape index (κ2) is 9.09. The van der Waals surface area contributed by atoms with Crippen molar-refractivity contribution in [1.82, 2.24) is 10.2 Å². The molecule has 0 aromatic heterocycles. The number of carbonyl (C=O) groups excluding carboxylic acids is 1. The highest BCUT2D eigenvalue weighted by atomic mass is 16.2. The smallest absolute Gasteiger partial charge is 0.266 e. The second-order valence-electron chi connectivity index (χ2n) is 6.03. The SMILES string of the molecule is CCN(CC)c1ccc(N/C=C(/C#N)C(=O)N2CCNCC2)c(C)c1. The molecule has 2 N–H and O–H groups in total. The third-order valence-corrected chi connectivity index (χ3v) is 4.47. The number of aryl methyl sites for hydroxylation is 1. The maximum absolute atomic E-state index is 12.4. The summed E-state index contributed by atoms with van der Waals surface area (Å²) in [5, 5.41) is 15.6. The molecule has 6 heteroatoms. The summed E-state index contributed by atoms with van der Waals surface area (Å²) >= 11 is 0. The van der Waals surface area contributed by atoms with Crippen LogP contribution in [0.5, 0.6) is 0 Å². The van der Waals surface area contributed by atoms with E-state index in [0.29, 0.717) is 13.1 Å². The molecular weight excluding hydrogens is 314 g/mol. The van der Waals surface area contributed by atoms with Crippen LogP contribution in [0.1, 0.15) is 19.4 Å². The molecule has 2 rings (SSSR count). The zero-order valence-corrected chi connectivity index (χ0v) is 15.3. The van der Waals surface area contributed by atoms with Crippen molar-refractivity contribution >= 4 is 17.3 Å². The van der Waals surface area contributed by atoms with Crippen molar-refractivity contribution in [2.75, 3.05) is 49.5 Å². The molecule has 0 radical (unpaired) electrons. The predicted molar refractivity (Wildman–Crippen MR) is 102 cm³/mol. The Morgan fingerprint density at radius 3 is 2.60 bits per heavy atom. The van der Waals surface area contributed by atoms with Gasteiger partial charge in [-0.05, 0) is 44.5 Å². The molecule has 1 aliphatic heterocycles. The normalized spacial score (nSPS) is 14.8. The van der Waals surface area contributed by atoms with Gasteiger partial charge in [0.25, 0.3) is 5.91 Å². The maximum atomic E-state index is 12.4. The third kappa shape index (κ3) is 4.74. The highest BCUT2D eigenvalue weighted by Gasteiger charge is 2.20. The van der Waals surface area contributed by atoms with Crippen LogP contribution in [0.4, 0.5) is 11.4 Å². The first-order valence-electron chi connectivity index (χ1n) is 8.83. The van der Waals surface area contributed by atoms with Crippen molar-refractivity contribution in [3.05, 3.63) is 35.5 Å². The summed E-state index contributed by atoms with van der Waals surface area (Å²) in [4.78, 5) is 16.4. The summed E-state index contributed by atoms with van der Waals surface area (Å²) in [6, 6.07) is 8.18. The number of nitrogens with zero attached hydrogens (tertiary/aromatic N) is 3. The van der Waals surface area contributed by atoms with E-state index in [4.69, 9.17) is 0 Å². The lowest BCUT2D eigenvalue weighted by molar-refractivity contribution is -0.127. The lowest BCUT2D eigenvalue weighted by atomic mass is 10.1. The van der Waals surface area contributed by atoms with Gasteiger partial charge in [0.2, 0.25) is 0 Å². The quantitative estimate of drug-likeness (QED) is 0.612. The molecule has 0 saturated carbocycles. The number of amides is 1. The first kappa shape index (κ1) is 18.8. The van der Waals surface area contributed by atoms with Crippen LogP contribution in [0.3, 0.4) is 0 Å². The second-order valence-corrected chi connectivity index (χ2v) is 6.03. The zero-order valence-electron chi connectivity index (χ0n) is 15.3. The number of hydrogen-bond donors (Lipinski definition) is 2. The van der Waals surface area contributed by atoms with Gasteiger partial charge in [-0.25, -0.2) is 0 Å². The molecule has 1 saturated heterocycles. The van der Waals surface area contributed by atoms with E-state index in [0.717, 1.165) is 37.4 Å². The summed E-state index contributed by atoms with van der Waals surface area (Å²) in [6.45, 7) is 11.0. The van der Waals surface area contributed by atoms with Gasteiger partial charge in [-0.3, -0.25) is 4.79 Å². The van der Waals surface area contributed by atoms with Crippen LogP contribution in [0.25, 0.3) is 0 Å². The van der Waals surface area contributed by atoms with Gasteiger partial charge in [-0.1, -0.05) is 0 Å². The number of nitrogens with one attached hydrogen (secondary N) is 2. The number of carbonyl (C=O) groups is 1. The van der Waals surface area contributed by atoms with E-state index < -0.39 is 0 Å². The van der Waals surface area contributed by atoms with E-state index in [1.54, 1.807) is 4.90 Å². The summed E-state index contributed by atoms with van der Waals surface area (Å²) in [5.74, 6) is -0.214. The molecule has 1 fully saturated rings. The van der Waals surface area contributed by atoms with Gasteiger partial charge in [0.1, 0.15) is 11.6 Å². The Labute approximate surface area is 150 Å². The average Bonchev–Trinajstić information content (AvgIpc) is 2.65. The van der Waals surface area contributed by atoms with E-state index in [9.17, 15) is 10.1 Å². The molecule has 1 aliphatic rings. The van der Waals surface area contributed by atoms with Gasteiger partial charge in [0.15, 0.2) is 0 Å². The van der Waals surface area contributed by atoms with Crippen molar-refractivity contribution in [2.45, 2.75) is 20.8 Å². The molecular formula is C19H27N5O. The zero-order chi connectivity index (χ0) is 18.2. The molecule has 1 aromatic rings. The van der Waals surface area contributed by atoms with Crippen LogP contribution in [-0.2, 0) is 4.79 Å². The van der Waals surface area contributed by atoms with Gasteiger partial charge >= 0.3 is 0 Å². The average molecular weight is 341 g/mol. The standard InChI is InChI=1S/C19H27N5O/c1-4-23(5-2)17-6-7-18(15(3)12-17)22-14-16(13-20)19(25)24-10-8-21-9-11-24/h6-7,12,14,21-22H,4-5,8-11H2,1-3H3/b16-14-. The lowest BCUT2D eigenvalue weighted by Gasteiger charge is -2.27. The van der Waals surface area contributed by atoms with Crippen LogP contribution >= 0.6 is 0 Å². The van der Waals surface area contributed by atoms with Gasteiger partial charge in [-0.15, -0.1) is 0 Å². The van der Waals surface area contributed by atoms with Gasteiger partial charge in [-0.2, -0.15) is 5.26 Å². The highest BCUT2D eigenvalue weighted by Crippen LogP contribution is 2.23. The number of benzene rings is 1. The fourth-order valence-electron chi connectivity index (χ4n) is 2.93. The Morgan fingerprint density at radius 1 is 1.36 bits per heavy atom. The van der Waals surface area contributed by atoms with Crippen molar-refractivity contribution in [3.8, 4) is 6.07 Å². The van der Waals surface area contributed by atoms with Crippen LogP contribution < -0.4 is 15.5 Å². The number of rotatable bonds is 6. The van der Waals surface area contributed by atoms with Crippen molar-refractivity contribution in [2.24, 2.45) is 0 Å². The molecule has 25 heavy (non-hydrogen) atoms. The molecule has 1 aromatic carbocycles. The van der Waals surface area contributed by atoms with E-state index in [1.165, 1.54) is 11.9 Å². The third-order valence-electron chi connectivity index (χ3n) is 4.47. The fourth-order valence-corrected chi connectivity index (χ4v) is 2.93. The largest absolute Gasteiger partial charge is 0.372 e. The summed E-state index contributed by atoms with van der Waals surface area (Å²) < 4.78 is 0. The summed E-state index contributed by atoms with van der Waals surface area (Å²) in [5.41, 5.74) is 3.29. The molecule has 134 valence electrons. The Kier molecular flexibility index (Phi) is 6.84. The molecule has 1 heterocycles. The Morgan fingerprint density at radius 2 is 2.04 bits per heavy atom.